The van der Waals surface area contributed by atoms with Crippen molar-refractivity contribution >= 4 is 11.6 Å². The van der Waals surface area contributed by atoms with Crippen LogP contribution in [0.2, 0.25) is 0 Å². The Morgan fingerprint density at radius 3 is 2.39 bits per heavy atom. The summed E-state index contributed by atoms with van der Waals surface area (Å²) in [6, 6.07) is 5.82. The average molecular weight is 458 g/mol. The van der Waals surface area contributed by atoms with Crippen LogP contribution in [0.15, 0.2) is 28.9 Å². The standard InChI is InChI=1S/C24H35N5O4/c1-18-3-4-20(13-19(18)2)25-24(31)22-17-33-23(26-22)16-28-7-5-27(6-8-28)14-21(30)15-29-9-11-32-12-10-29/h3-4,13,17,21,30H,5-12,14-16H2,1-2H3,(H,25,31)/t21-/m0/s1. The summed E-state index contributed by atoms with van der Waals surface area (Å²) in [6.07, 6.45) is 1.07. The first-order valence-electron chi connectivity index (χ1n) is 11.7. The maximum atomic E-state index is 12.5. The molecule has 3 heterocycles. The van der Waals surface area contributed by atoms with Crippen LogP contribution in [0.4, 0.5) is 5.69 Å². The number of aliphatic hydroxyl groups excluding tert-OH is 1. The number of benzene rings is 1. The van der Waals surface area contributed by atoms with E-state index in [0.717, 1.165) is 63.7 Å². The molecule has 9 nitrogen and oxygen atoms in total. The second-order valence-electron chi connectivity index (χ2n) is 9.02. The number of ether oxygens (including phenoxy) is 1. The van der Waals surface area contributed by atoms with Gasteiger partial charge in [-0.1, -0.05) is 6.07 Å². The van der Waals surface area contributed by atoms with E-state index in [9.17, 15) is 9.90 Å². The van der Waals surface area contributed by atoms with Gasteiger partial charge < -0.3 is 19.6 Å². The first-order valence-corrected chi connectivity index (χ1v) is 11.7. The summed E-state index contributed by atoms with van der Waals surface area (Å²) in [6.45, 7) is 12.8. The van der Waals surface area contributed by atoms with Crippen molar-refractivity contribution in [1.29, 1.82) is 0 Å². The number of rotatable bonds is 8. The van der Waals surface area contributed by atoms with Crippen molar-refractivity contribution < 1.29 is 19.1 Å². The van der Waals surface area contributed by atoms with Crippen molar-refractivity contribution in [2.24, 2.45) is 0 Å². The molecule has 180 valence electrons. The minimum atomic E-state index is -0.347. The molecule has 0 bridgehead atoms. The molecule has 1 amide bonds. The first-order chi connectivity index (χ1) is 16.0. The highest BCUT2D eigenvalue weighted by Gasteiger charge is 2.23. The number of nitrogens with zero attached hydrogens (tertiary/aromatic N) is 4. The molecule has 2 N–H and O–H groups in total. The number of aryl methyl sites for hydroxylation is 2. The zero-order valence-electron chi connectivity index (χ0n) is 19.6. The Kier molecular flexibility index (Phi) is 8.11. The molecule has 1 atom stereocenters. The third kappa shape index (κ3) is 6.84. The van der Waals surface area contributed by atoms with Gasteiger partial charge in [-0.3, -0.25) is 19.5 Å². The summed E-state index contributed by atoms with van der Waals surface area (Å²) in [4.78, 5) is 23.7. The van der Waals surface area contributed by atoms with Gasteiger partial charge >= 0.3 is 0 Å². The Morgan fingerprint density at radius 1 is 1.03 bits per heavy atom. The molecule has 1 aromatic heterocycles. The van der Waals surface area contributed by atoms with Crippen molar-refractivity contribution in [3.63, 3.8) is 0 Å². The largest absolute Gasteiger partial charge is 0.447 e. The van der Waals surface area contributed by atoms with Crippen LogP contribution < -0.4 is 5.32 Å². The predicted octanol–water partition coefficient (Wildman–Crippen LogP) is 1.35. The number of morpholine rings is 1. The van der Waals surface area contributed by atoms with E-state index in [1.165, 1.54) is 11.8 Å². The molecule has 0 radical (unpaired) electrons. The number of carbonyl (C=O) groups is 1. The van der Waals surface area contributed by atoms with E-state index in [-0.39, 0.29) is 17.7 Å². The van der Waals surface area contributed by atoms with Crippen LogP contribution in [0, 0.1) is 13.8 Å². The summed E-state index contributed by atoms with van der Waals surface area (Å²) in [5, 5.41) is 13.3. The van der Waals surface area contributed by atoms with Crippen molar-refractivity contribution in [2.45, 2.75) is 26.5 Å². The van der Waals surface area contributed by atoms with E-state index in [0.29, 0.717) is 25.5 Å². The normalized spacial score (nSPS) is 19.5. The number of amides is 1. The SMILES string of the molecule is Cc1ccc(NC(=O)c2coc(CN3CCN(C[C@H](O)CN4CCOCC4)CC3)n2)cc1C. The minimum absolute atomic E-state index is 0.271. The lowest BCUT2D eigenvalue weighted by atomic mass is 10.1. The fourth-order valence-electron chi connectivity index (χ4n) is 4.26. The van der Waals surface area contributed by atoms with Crippen LogP contribution in [0.3, 0.4) is 0 Å². The van der Waals surface area contributed by atoms with Gasteiger partial charge in [0.1, 0.15) is 6.26 Å². The number of anilines is 1. The Hall–Kier alpha value is -2.30. The smallest absolute Gasteiger partial charge is 0.277 e. The molecule has 2 saturated heterocycles. The monoisotopic (exact) mass is 457 g/mol. The molecule has 33 heavy (non-hydrogen) atoms. The zero-order valence-corrected chi connectivity index (χ0v) is 19.6. The minimum Gasteiger partial charge on any atom is -0.447 e. The maximum Gasteiger partial charge on any atom is 0.277 e. The number of piperazine rings is 1. The van der Waals surface area contributed by atoms with Crippen LogP contribution in [0.25, 0.3) is 0 Å². The van der Waals surface area contributed by atoms with Crippen LogP contribution in [0.1, 0.15) is 27.5 Å². The molecule has 2 aliphatic heterocycles. The van der Waals surface area contributed by atoms with E-state index in [1.54, 1.807) is 0 Å². The Morgan fingerprint density at radius 2 is 1.70 bits per heavy atom. The summed E-state index contributed by atoms with van der Waals surface area (Å²) in [7, 11) is 0. The van der Waals surface area contributed by atoms with Gasteiger partial charge in [-0.15, -0.1) is 0 Å². The second kappa shape index (κ2) is 11.2. The summed E-state index contributed by atoms with van der Waals surface area (Å²) < 4.78 is 10.9. The van der Waals surface area contributed by atoms with Gasteiger partial charge in [-0.05, 0) is 37.1 Å². The fourth-order valence-corrected chi connectivity index (χ4v) is 4.26. The van der Waals surface area contributed by atoms with Crippen molar-refractivity contribution in [3.05, 3.63) is 47.2 Å². The highest BCUT2D eigenvalue weighted by atomic mass is 16.5. The van der Waals surface area contributed by atoms with Crippen LogP contribution >= 0.6 is 0 Å². The number of carbonyl (C=O) groups excluding carboxylic acids is 1. The van der Waals surface area contributed by atoms with E-state index < -0.39 is 0 Å². The van der Waals surface area contributed by atoms with Crippen molar-refractivity contribution in [3.8, 4) is 0 Å². The molecule has 0 aliphatic carbocycles. The number of β-amino-alcohol motifs (C(OH)–C–C–N with tert-alkyl or cyclic N) is 1. The molecule has 4 rings (SSSR count). The van der Waals surface area contributed by atoms with E-state index in [4.69, 9.17) is 9.15 Å². The van der Waals surface area contributed by atoms with Gasteiger partial charge in [-0.25, -0.2) is 4.98 Å². The van der Waals surface area contributed by atoms with Gasteiger partial charge in [0.05, 0.1) is 25.9 Å². The molecule has 0 spiro atoms. The van der Waals surface area contributed by atoms with Crippen LogP contribution in [0.5, 0.6) is 0 Å². The first kappa shape index (κ1) is 23.8. The number of nitrogens with one attached hydrogen (secondary N) is 1. The van der Waals surface area contributed by atoms with E-state index >= 15 is 0 Å². The maximum absolute atomic E-state index is 12.5. The summed E-state index contributed by atoms with van der Waals surface area (Å²) in [5.41, 5.74) is 3.34. The molecule has 1 aromatic carbocycles. The van der Waals surface area contributed by atoms with Crippen molar-refractivity contribution in [2.75, 3.05) is 70.9 Å². The molecule has 0 unspecified atom stereocenters. The lowest BCUT2D eigenvalue weighted by Gasteiger charge is -2.36. The zero-order chi connectivity index (χ0) is 23.2. The molecule has 2 aliphatic rings. The van der Waals surface area contributed by atoms with Gasteiger partial charge in [0.15, 0.2) is 5.69 Å². The number of aliphatic hydroxyl groups is 1. The van der Waals surface area contributed by atoms with Crippen LogP contribution in [-0.4, -0.2) is 102 Å². The highest BCUT2D eigenvalue weighted by Crippen LogP contribution is 2.16. The molecular formula is C24H35N5O4. The quantitative estimate of drug-likeness (QED) is 0.614. The van der Waals surface area contributed by atoms with Gasteiger partial charge in [-0.2, -0.15) is 0 Å². The highest BCUT2D eigenvalue weighted by molar-refractivity contribution is 6.02. The van der Waals surface area contributed by atoms with Gasteiger partial charge in [0.25, 0.3) is 5.91 Å². The average Bonchev–Trinajstić information content (AvgIpc) is 3.27. The molecular weight excluding hydrogens is 422 g/mol. The molecule has 2 fully saturated rings. The Bertz CT molecular complexity index is 919. The third-order valence-corrected chi connectivity index (χ3v) is 6.41. The number of aromatic nitrogens is 1. The van der Waals surface area contributed by atoms with E-state index in [1.807, 2.05) is 32.0 Å². The van der Waals surface area contributed by atoms with Crippen molar-refractivity contribution in [1.82, 2.24) is 19.7 Å². The lowest BCUT2D eigenvalue weighted by Crippen LogP contribution is -2.50. The molecule has 9 heteroatoms. The summed E-state index contributed by atoms with van der Waals surface area (Å²) in [5.74, 6) is 0.272. The number of hydrogen-bond donors (Lipinski definition) is 2. The topological polar surface area (TPSA) is 94.3 Å². The van der Waals surface area contributed by atoms with E-state index in [2.05, 4.69) is 25.0 Å². The Balaban J connectivity index is 1.20. The fraction of sp³-hybridized carbons (Fsp3) is 0.583. The number of oxazole rings is 1. The molecule has 0 saturated carbocycles. The lowest BCUT2D eigenvalue weighted by molar-refractivity contribution is 0.00187. The number of hydrogen-bond acceptors (Lipinski definition) is 8. The van der Waals surface area contributed by atoms with Crippen LogP contribution in [-0.2, 0) is 11.3 Å². The second-order valence-corrected chi connectivity index (χ2v) is 9.02. The Labute approximate surface area is 195 Å². The van der Waals surface area contributed by atoms with Gasteiger partial charge in [0.2, 0.25) is 5.89 Å². The predicted molar refractivity (Wildman–Crippen MR) is 125 cm³/mol. The van der Waals surface area contributed by atoms with Gasteiger partial charge in [0, 0.05) is 58.0 Å². The third-order valence-electron chi connectivity index (χ3n) is 6.41. The summed E-state index contributed by atoms with van der Waals surface area (Å²) >= 11 is 0. The molecule has 2 aromatic rings.